The number of hydrogen-bond acceptors (Lipinski definition) is 1. The molecule has 1 aliphatic heterocycles. The molecular formula is C22H21N. The van der Waals surface area contributed by atoms with Crippen molar-refractivity contribution in [1.29, 1.82) is 0 Å². The van der Waals surface area contributed by atoms with Crippen LogP contribution in [0.5, 0.6) is 0 Å². The molecule has 4 rings (SSSR count). The van der Waals surface area contributed by atoms with E-state index >= 15 is 0 Å². The lowest BCUT2D eigenvalue weighted by molar-refractivity contribution is 0.294. The van der Waals surface area contributed by atoms with E-state index in [0.717, 1.165) is 26.1 Å². The number of benzene rings is 3. The summed E-state index contributed by atoms with van der Waals surface area (Å²) in [5.41, 5.74) is 4.29. The van der Waals surface area contributed by atoms with Gasteiger partial charge in [0.25, 0.3) is 0 Å². The topological polar surface area (TPSA) is 3.24 Å². The summed E-state index contributed by atoms with van der Waals surface area (Å²) in [6, 6.07) is 26.1. The molecule has 0 spiro atoms. The highest BCUT2D eigenvalue weighted by atomic mass is 15.1. The molecule has 0 unspecified atom stereocenters. The lowest BCUT2D eigenvalue weighted by Gasteiger charge is -2.27. The van der Waals surface area contributed by atoms with Crippen LogP contribution in [0.1, 0.15) is 17.5 Å². The Labute approximate surface area is 137 Å². The SMILES string of the molecule is C1=C(c2cccc3ccccc23)CCN(Cc2ccccc2)C1. The van der Waals surface area contributed by atoms with Gasteiger partial charge in [-0.15, -0.1) is 0 Å². The zero-order chi connectivity index (χ0) is 15.5. The molecule has 1 nitrogen and oxygen atoms in total. The molecule has 0 radical (unpaired) electrons. The normalized spacial score (nSPS) is 15.6. The van der Waals surface area contributed by atoms with Gasteiger partial charge in [0.2, 0.25) is 0 Å². The van der Waals surface area contributed by atoms with E-state index in [1.807, 2.05) is 0 Å². The molecule has 0 amide bonds. The molecule has 0 N–H and O–H groups in total. The van der Waals surface area contributed by atoms with Crippen LogP contribution in [0.3, 0.4) is 0 Å². The Bertz CT molecular complexity index is 827. The van der Waals surface area contributed by atoms with Crippen molar-refractivity contribution in [3.63, 3.8) is 0 Å². The molecule has 0 bridgehead atoms. The molecule has 3 aromatic carbocycles. The molecule has 1 aliphatic rings. The standard InChI is InChI=1S/C22H21N/c1-2-7-18(8-3-1)17-23-15-13-20(14-16-23)22-12-6-10-19-9-4-5-11-21(19)22/h1-13H,14-17H2. The van der Waals surface area contributed by atoms with Gasteiger partial charge in [0, 0.05) is 19.6 Å². The Hall–Kier alpha value is -2.38. The fourth-order valence-electron chi connectivity index (χ4n) is 3.45. The predicted molar refractivity (Wildman–Crippen MR) is 98.3 cm³/mol. The van der Waals surface area contributed by atoms with Gasteiger partial charge in [0.1, 0.15) is 0 Å². The fourth-order valence-corrected chi connectivity index (χ4v) is 3.45. The molecule has 0 aromatic heterocycles. The van der Waals surface area contributed by atoms with Crippen LogP contribution >= 0.6 is 0 Å². The molecule has 0 fully saturated rings. The van der Waals surface area contributed by atoms with Gasteiger partial charge in [-0.2, -0.15) is 0 Å². The Balaban J connectivity index is 1.55. The Kier molecular flexibility index (Phi) is 3.95. The van der Waals surface area contributed by atoms with E-state index in [0.29, 0.717) is 0 Å². The Morgan fingerprint density at radius 1 is 0.783 bits per heavy atom. The molecular weight excluding hydrogens is 278 g/mol. The third-order valence-electron chi connectivity index (χ3n) is 4.68. The van der Waals surface area contributed by atoms with Crippen LogP contribution < -0.4 is 0 Å². The fraction of sp³-hybridized carbons (Fsp3) is 0.182. The van der Waals surface area contributed by atoms with E-state index in [1.54, 1.807) is 0 Å². The van der Waals surface area contributed by atoms with Crippen LogP contribution in [-0.4, -0.2) is 18.0 Å². The third kappa shape index (κ3) is 3.06. The first-order valence-corrected chi connectivity index (χ1v) is 8.33. The minimum atomic E-state index is 1.04. The van der Waals surface area contributed by atoms with Crippen molar-refractivity contribution in [2.75, 3.05) is 13.1 Å². The smallest absolute Gasteiger partial charge is 0.0237 e. The van der Waals surface area contributed by atoms with Crippen LogP contribution in [0.15, 0.2) is 78.9 Å². The maximum absolute atomic E-state index is 2.52. The highest BCUT2D eigenvalue weighted by molar-refractivity contribution is 5.94. The lowest BCUT2D eigenvalue weighted by atomic mass is 9.94. The zero-order valence-corrected chi connectivity index (χ0v) is 13.3. The van der Waals surface area contributed by atoms with E-state index in [1.165, 1.54) is 27.5 Å². The average Bonchev–Trinajstić information content (AvgIpc) is 2.63. The molecule has 0 saturated carbocycles. The first-order valence-electron chi connectivity index (χ1n) is 8.33. The second-order valence-electron chi connectivity index (χ2n) is 6.23. The molecule has 1 heteroatoms. The monoisotopic (exact) mass is 299 g/mol. The van der Waals surface area contributed by atoms with E-state index in [2.05, 4.69) is 83.8 Å². The van der Waals surface area contributed by atoms with Crippen LogP contribution in [0.25, 0.3) is 16.3 Å². The van der Waals surface area contributed by atoms with Crippen molar-refractivity contribution in [3.05, 3.63) is 90.0 Å². The summed E-state index contributed by atoms with van der Waals surface area (Å²) in [5.74, 6) is 0. The zero-order valence-electron chi connectivity index (χ0n) is 13.3. The number of fused-ring (bicyclic) bond motifs is 1. The van der Waals surface area contributed by atoms with Crippen LogP contribution in [0.2, 0.25) is 0 Å². The molecule has 1 heterocycles. The van der Waals surface area contributed by atoms with Gasteiger partial charge in [-0.3, -0.25) is 4.90 Å². The third-order valence-corrected chi connectivity index (χ3v) is 4.68. The van der Waals surface area contributed by atoms with Gasteiger partial charge >= 0.3 is 0 Å². The summed E-state index contributed by atoms with van der Waals surface area (Å²) in [6.45, 7) is 3.21. The summed E-state index contributed by atoms with van der Waals surface area (Å²) in [6.07, 6.45) is 3.54. The van der Waals surface area contributed by atoms with Crippen molar-refractivity contribution in [3.8, 4) is 0 Å². The van der Waals surface area contributed by atoms with Crippen LogP contribution in [0, 0.1) is 0 Å². The second kappa shape index (κ2) is 6.39. The molecule has 23 heavy (non-hydrogen) atoms. The lowest BCUT2D eigenvalue weighted by Crippen LogP contribution is -2.28. The maximum atomic E-state index is 2.52. The number of rotatable bonds is 3. The van der Waals surface area contributed by atoms with Gasteiger partial charge < -0.3 is 0 Å². The van der Waals surface area contributed by atoms with Gasteiger partial charge in [-0.05, 0) is 33.9 Å². The molecule has 0 saturated heterocycles. The molecule has 0 atom stereocenters. The maximum Gasteiger partial charge on any atom is 0.0237 e. The molecule has 0 aliphatic carbocycles. The highest BCUT2D eigenvalue weighted by Gasteiger charge is 2.14. The summed E-state index contributed by atoms with van der Waals surface area (Å²) < 4.78 is 0. The predicted octanol–water partition coefficient (Wildman–Crippen LogP) is 5.13. The minimum Gasteiger partial charge on any atom is -0.295 e. The Morgan fingerprint density at radius 2 is 1.57 bits per heavy atom. The van der Waals surface area contributed by atoms with Gasteiger partial charge in [-0.25, -0.2) is 0 Å². The second-order valence-corrected chi connectivity index (χ2v) is 6.23. The van der Waals surface area contributed by atoms with E-state index in [4.69, 9.17) is 0 Å². The highest BCUT2D eigenvalue weighted by Crippen LogP contribution is 2.29. The van der Waals surface area contributed by atoms with Crippen molar-refractivity contribution < 1.29 is 0 Å². The molecule has 3 aromatic rings. The quantitative estimate of drug-likeness (QED) is 0.648. The first kappa shape index (κ1) is 14.2. The van der Waals surface area contributed by atoms with Crippen LogP contribution in [0.4, 0.5) is 0 Å². The number of nitrogens with zero attached hydrogens (tertiary/aromatic N) is 1. The Morgan fingerprint density at radius 3 is 2.39 bits per heavy atom. The van der Waals surface area contributed by atoms with E-state index < -0.39 is 0 Å². The van der Waals surface area contributed by atoms with Crippen molar-refractivity contribution in [2.24, 2.45) is 0 Å². The van der Waals surface area contributed by atoms with Gasteiger partial charge in [0.05, 0.1) is 0 Å². The average molecular weight is 299 g/mol. The summed E-state index contributed by atoms with van der Waals surface area (Å²) in [7, 11) is 0. The largest absolute Gasteiger partial charge is 0.295 e. The summed E-state index contributed by atoms with van der Waals surface area (Å²) in [5, 5.41) is 2.70. The minimum absolute atomic E-state index is 1.04. The molecule has 114 valence electrons. The first-order chi connectivity index (χ1) is 11.4. The number of hydrogen-bond donors (Lipinski definition) is 0. The van der Waals surface area contributed by atoms with Crippen LogP contribution in [-0.2, 0) is 6.54 Å². The van der Waals surface area contributed by atoms with Crippen molar-refractivity contribution in [2.45, 2.75) is 13.0 Å². The van der Waals surface area contributed by atoms with Crippen molar-refractivity contribution in [1.82, 2.24) is 4.90 Å². The van der Waals surface area contributed by atoms with Crippen molar-refractivity contribution >= 4 is 16.3 Å². The van der Waals surface area contributed by atoms with E-state index in [-0.39, 0.29) is 0 Å². The van der Waals surface area contributed by atoms with Gasteiger partial charge in [0.15, 0.2) is 0 Å². The summed E-state index contributed by atoms with van der Waals surface area (Å²) in [4.78, 5) is 2.52. The summed E-state index contributed by atoms with van der Waals surface area (Å²) >= 11 is 0. The van der Waals surface area contributed by atoms with E-state index in [9.17, 15) is 0 Å². The van der Waals surface area contributed by atoms with Gasteiger partial charge in [-0.1, -0.05) is 78.9 Å².